The van der Waals surface area contributed by atoms with Crippen LogP contribution in [-0.4, -0.2) is 22.3 Å². The van der Waals surface area contributed by atoms with Crippen LogP contribution in [0.1, 0.15) is 113 Å². The van der Waals surface area contributed by atoms with Crippen molar-refractivity contribution in [2.24, 2.45) is 56.2 Å². The van der Waals surface area contributed by atoms with E-state index in [2.05, 4.69) is 54.5 Å². The van der Waals surface area contributed by atoms with Crippen molar-refractivity contribution in [3.63, 3.8) is 0 Å². The molecule has 2 N–H and O–H groups in total. The molecule has 5 aliphatic rings. The summed E-state index contributed by atoms with van der Waals surface area (Å²) in [6.07, 6.45) is 12.1. The Balaban J connectivity index is 1.61. The maximum absolute atomic E-state index is 12.3. The van der Waals surface area contributed by atoms with Crippen LogP contribution in [0.4, 0.5) is 0 Å². The molecule has 34 heavy (non-hydrogen) atoms. The van der Waals surface area contributed by atoms with Gasteiger partial charge in [0.25, 0.3) is 0 Å². The van der Waals surface area contributed by atoms with E-state index in [9.17, 15) is 15.0 Å². The maximum Gasteiger partial charge on any atom is 0.309 e. The summed E-state index contributed by atoms with van der Waals surface area (Å²) in [5.74, 6) is 1.44. The molecule has 10 atom stereocenters. The van der Waals surface area contributed by atoms with Gasteiger partial charge in [-0.25, -0.2) is 0 Å². The van der Waals surface area contributed by atoms with Crippen LogP contribution in [0.2, 0.25) is 0 Å². The van der Waals surface area contributed by atoms with Crippen LogP contribution in [0.25, 0.3) is 0 Å². The average molecular weight is 471 g/mol. The first-order chi connectivity index (χ1) is 15.6. The van der Waals surface area contributed by atoms with Crippen molar-refractivity contribution >= 4 is 5.97 Å². The van der Waals surface area contributed by atoms with E-state index < -0.39 is 11.4 Å². The van der Waals surface area contributed by atoms with Crippen LogP contribution in [0, 0.1) is 56.2 Å². The summed E-state index contributed by atoms with van der Waals surface area (Å²) in [6, 6.07) is 0. The predicted molar refractivity (Wildman–Crippen MR) is 137 cm³/mol. The van der Waals surface area contributed by atoms with Crippen molar-refractivity contribution < 1.29 is 15.0 Å². The van der Waals surface area contributed by atoms with Crippen LogP contribution in [0.5, 0.6) is 0 Å². The van der Waals surface area contributed by atoms with Crippen LogP contribution in [0.15, 0.2) is 11.6 Å². The molecule has 1 unspecified atom stereocenters. The summed E-state index contributed by atoms with van der Waals surface area (Å²) >= 11 is 0. The Morgan fingerprint density at radius 3 is 2.21 bits per heavy atom. The number of aliphatic hydroxyl groups excluding tert-OH is 1. The van der Waals surface area contributed by atoms with Gasteiger partial charge in [0.15, 0.2) is 0 Å². The molecule has 0 amide bonds. The molecule has 0 radical (unpaired) electrons. The number of rotatable bonds is 1. The number of hydrogen-bond donors (Lipinski definition) is 2. The number of carboxylic acid groups (broad SMARTS) is 1. The molecule has 5 aliphatic carbocycles. The van der Waals surface area contributed by atoms with Gasteiger partial charge in [-0.1, -0.05) is 60.1 Å². The van der Waals surface area contributed by atoms with Crippen molar-refractivity contribution in [2.45, 2.75) is 119 Å². The molecule has 192 valence electrons. The van der Waals surface area contributed by atoms with E-state index in [1.54, 1.807) is 5.57 Å². The lowest BCUT2D eigenvalue weighted by molar-refractivity contribution is -0.214. The largest absolute Gasteiger partial charge is 0.481 e. The Morgan fingerprint density at radius 1 is 0.912 bits per heavy atom. The van der Waals surface area contributed by atoms with E-state index in [-0.39, 0.29) is 33.2 Å². The molecular formula is C31H50O3. The molecule has 0 saturated heterocycles. The lowest BCUT2D eigenvalue weighted by Crippen LogP contribution is -2.66. The van der Waals surface area contributed by atoms with Gasteiger partial charge in [-0.3, -0.25) is 4.79 Å². The second kappa shape index (κ2) is 7.14. The smallest absolute Gasteiger partial charge is 0.309 e. The Morgan fingerprint density at radius 2 is 1.56 bits per heavy atom. The number of aliphatic hydroxyl groups is 1. The third-order valence-electron chi connectivity index (χ3n) is 13.6. The van der Waals surface area contributed by atoms with Crippen molar-refractivity contribution in [3.05, 3.63) is 11.6 Å². The lowest BCUT2D eigenvalue weighted by atomic mass is 9.32. The van der Waals surface area contributed by atoms with Gasteiger partial charge in [0.05, 0.1) is 11.5 Å². The SMILES string of the molecule is CC1C=C2[C@@H]3C[C@@](C)(C(=O)O)CC[C@]3(C)CC[C@@]2(C)[C@]2(C)CC[C@H]3C(C)(C)[C@@H](O)CC[C@]3(C)[C@@H]12. The monoisotopic (exact) mass is 470 g/mol. The number of fused-ring (bicyclic) bond motifs is 7. The average Bonchev–Trinajstić information content (AvgIpc) is 2.73. The molecule has 3 heteroatoms. The number of carbonyl (C=O) groups is 1. The number of aliphatic carboxylic acids is 1. The van der Waals surface area contributed by atoms with Gasteiger partial charge >= 0.3 is 5.97 Å². The van der Waals surface area contributed by atoms with Crippen molar-refractivity contribution in [1.29, 1.82) is 0 Å². The van der Waals surface area contributed by atoms with Crippen LogP contribution >= 0.6 is 0 Å². The molecule has 3 nitrogen and oxygen atoms in total. The molecule has 0 aromatic heterocycles. The van der Waals surface area contributed by atoms with Gasteiger partial charge in [-0.15, -0.1) is 0 Å². The third kappa shape index (κ3) is 2.88. The number of allylic oxidation sites excluding steroid dienone is 2. The fourth-order valence-corrected chi connectivity index (χ4v) is 11.2. The Hall–Kier alpha value is -0.830. The topological polar surface area (TPSA) is 57.5 Å². The van der Waals surface area contributed by atoms with E-state index in [4.69, 9.17) is 0 Å². The minimum absolute atomic E-state index is 0.0310. The maximum atomic E-state index is 12.3. The highest BCUT2D eigenvalue weighted by atomic mass is 16.4. The molecule has 4 fully saturated rings. The Labute approximate surface area is 208 Å². The van der Waals surface area contributed by atoms with E-state index in [0.717, 1.165) is 32.1 Å². The van der Waals surface area contributed by atoms with Gasteiger partial charge in [-0.2, -0.15) is 0 Å². The summed E-state index contributed by atoms with van der Waals surface area (Å²) in [5, 5.41) is 21.1. The molecule has 0 heterocycles. The Bertz CT molecular complexity index is 920. The molecule has 0 aromatic rings. The third-order valence-corrected chi connectivity index (χ3v) is 13.6. The normalized spacial score (nSPS) is 56.3. The highest BCUT2D eigenvalue weighted by molar-refractivity contribution is 5.74. The van der Waals surface area contributed by atoms with Crippen LogP contribution in [0.3, 0.4) is 0 Å². The van der Waals surface area contributed by atoms with Gasteiger partial charge in [0.2, 0.25) is 0 Å². The molecule has 0 spiro atoms. The first kappa shape index (κ1) is 24.8. The van der Waals surface area contributed by atoms with Gasteiger partial charge in [0, 0.05) is 0 Å². The Kier molecular flexibility index (Phi) is 5.22. The lowest BCUT2D eigenvalue weighted by Gasteiger charge is -2.72. The van der Waals surface area contributed by atoms with Gasteiger partial charge < -0.3 is 10.2 Å². The first-order valence-electron chi connectivity index (χ1n) is 14.2. The zero-order chi connectivity index (χ0) is 25.1. The molecule has 5 rings (SSSR count). The molecule has 0 bridgehead atoms. The van der Waals surface area contributed by atoms with Crippen molar-refractivity contribution in [1.82, 2.24) is 0 Å². The fourth-order valence-electron chi connectivity index (χ4n) is 11.2. The van der Waals surface area contributed by atoms with E-state index in [1.807, 2.05) is 6.92 Å². The molecular weight excluding hydrogens is 420 g/mol. The standard InChI is InChI=1S/C31H50O3/c1-19-17-20-21-18-28(5,25(33)34)14-13-27(21,4)15-16-30(20,7)31(8)12-9-22-26(2,3)23(32)10-11-29(22,6)24(19)31/h17,19,21-24,32H,9-16,18H2,1-8H3,(H,33,34)/t19?,21-,22-,23-,24+,27+,28-,29-,30+,31+/m0/s1. The van der Waals surface area contributed by atoms with E-state index >= 15 is 0 Å². The van der Waals surface area contributed by atoms with E-state index in [0.29, 0.717) is 23.7 Å². The number of carboxylic acids is 1. The fraction of sp³-hybridized carbons (Fsp3) is 0.903. The summed E-state index contributed by atoms with van der Waals surface area (Å²) in [6.45, 7) is 19.3. The molecule has 4 saturated carbocycles. The highest BCUT2D eigenvalue weighted by Crippen LogP contribution is 2.76. The summed E-state index contributed by atoms with van der Waals surface area (Å²) < 4.78 is 0. The molecule has 0 aromatic carbocycles. The quantitative estimate of drug-likeness (QED) is 0.391. The highest BCUT2D eigenvalue weighted by Gasteiger charge is 2.69. The van der Waals surface area contributed by atoms with Crippen molar-refractivity contribution in [3.8, 4) is 0 Å². The molecule has 0 aliphatic heterocycles. The second-order valence-electron chi connectivity index (χ2n) is 15.5. The predicted octanol–water partition coefficient (Wildman–Crippen LogP) is 7.48. The zero-order valence-electron chi connectivity index (χ0n) is 23.1. The summed E-state index contributed by atoms with van der Waals surface area (Å²) in [4.78, 5) is 12.3. The van der Waals surface area contributed by atoms with Crippen molar-refractivity contribution in [2.75, 3.05) is 0 Å². The summed E-state index contributed by atoms with van der Waals surface area (Å²) in [5.41, 5.74) is 1.83. The first-order valence-corrected chi connectivity index (χ1v) is 14.2. The second-order valence-corrected chi connectivity index (χ2v) is 15.5. The van der Waals surface area contributed by atoms with Gasteiger partial charge in [0.1, 0.15) is 0 Å². The number of hydrogen-bond acceptors (Lipinski definition) is 2. The van der Waals surface area contributed by atoms with E-state index in [1.165, 1.54) is 25.7 Å². The summed E-state index contributed by atoms with van der Waals surface area (Å²) in [7, 11) is 0. The van der Waals surface area contributed by atoms with Gasteiger partial charge in [-0.05, 0) is 115 Å². The van der Waals surface area contributed by atoms with Crippen LogP contribution < -0.4 is 0 Å². The zero-order valence-corrected chi connectivity index (χ0v) is 23.1. The van der Waals surface area contributed by atoms with Crippen LogP contribution in [-0.2, 0) is 4.79 Å². The minimum Gasteiger partial charge on any atom is -0.481 e. The minimum atomic E-state index is -0.605.